The molecule has 0 bridgehead atoms. The molecule has 1 amide bonds. The van der Waals surface area contributed by atoms with E-state index in [4.69, 9.17) is 17.3 Å². The topological polar surface area (TPSA) is 65.1 Å². The Morgan fingerprint density at radius 2 is 2.33 bits per heavy atom. The maximum absolute atomic E-state index is 10.7. The molecular weight excluding hydrogens is 180 g/mol. The number of carbonyl (C=O) groups excluding carboxylic acids is 1. The van der Waals surface area contributed by atoms with Gasteiger partial charge in [-0.15, -0.1) is 0 Å². The summed E-state index contributed by atoms with van der Waals surface area (Å²) in [4.78, 5) is 21.2. The first-order valence-electron chi connectivity index (χ1n) is 3.24. The molecule has 64 valence electrons. The fourth-order valence-electron chi connectivity index (χ4n) is 0.779. The molecule has 12 heavy (non-hydrogen) atoms. The Balaban J connectivity index is 3.01. The monoisotopic (exact) mass is 186 g/mol. The number of pyridine rings is 1. The quantitative estimate of drug-likeness (QED) is 0.660. The number of primary amides is 1. The normalized spacial score (nSPS) is 9.75. The molecule has 1 heterocycles. The fourth-order valence-corrected chi connectivity index (χ4v) is 1.00. The summed E-state index contributed by atoms with van der Waals surface area (Å²) in [7, 11) is 0. The van der Waals surface area contributed by atoms with Crippen LogP contribution in [-0.4, -0.2) is 10.5 Å². The molecule has 0 atom stereocenters. The van der Waals surface area contributed by atoms with Crippen LogP contribution in [0.5, 0.6) is 0 Å². The minimum atomic E-state index is -0.499. The van der Waals surface area contributed by atoms with Gasteiger partial charge in [0, 0.05) is 18.3 Å². The van der Waals surface area contributed by atoms with Crippen molar-refractivity contribution in [2.75, 3.05) is 0 Å². The predicted molar refractivity (Wildman–Crippen MR) is 44.9 cm³/mol. The Labute approximate surface area is 73.6 Å². The van der Waals surface area contributed by atoms with Gasteiger partial charge in [0.2, 0.25) is 5.91 Å². The van der Waals surface area contributed by atoms with Crippen molar-refractivity contribution in [3.05, 3.63) is 33.7 Å². The zero-order valence-corrected chi connectivity index (χ0v) is 6.91. The van der Waals surface area contributed by atoms with Crippen molar-refractivity contribution in [1.82, 2.24) is 4.57 Å². The highest BCUT2D eigenvalue weighted by molar-refractivity contribution is 6.29. The van der Waals surface area contributed by atoms with E-state index in [1.807, 2.05) is 0 Å². The van der Waals surface area contributed by atoms with Crippen molar-refractivity contribution in [2.24, 2.45) is 5.73 Å². The molecule has 1 aromatic rings. The molecule has 0 aliphatic heterocycles. The Morgan fingerprint density at radius 1 is 1.67 bits per heavy atom. The van der Waals surface area contributed by atoms with Crippen molar-refractivity contribution < 1.29 is 4.79 Å². The Bertz CT molecular complexity index is 359. The van der Waals surface area contributed by atoms with Gasteiger partial charge in [0.25, 0.3) is 0 Å². The summed E-state index contributed by atoms with van der Waals surface area (Å²) in [5.41, 5.74) is 4.74. The van der Waals surface area contributed by atoms with Crippen LogP contribution in [0.3, 0.4) is 0 Å². The zero-order valence-electron chi connectivity index (χ0n) is 6.16. The summed E-state index contributed by atoms with van der Waals surface area (Å²) in [6.45, 7) is -0.0148. The van der Waals surface area contributed by atoms with Gasteiger partial charge in [-0.2, -0.15) is 0 Å². The number of hydrogen-bond donors (Lipinski definition) is 1. The molecule has 5 heteroatoms. The molecule has 0 radical (unpaired) electrons. The summed E-state index contributed by atoms with van der Waals surface area (Å²) in [6, 6.07) is 2.54. The third kappa shape index (κ3) is 2.10. The number of nitrogens with two attached hydrogens (primary N) is 1. The highest BCUT2D eigenvalue weighted by Gasteiger charge is 1.99. The first kappa shape index (κ1) is 8.80. The van der Waals surface area contributed by atoms with Crippen LogP contribution in [0, 0.1) is 0 Å². The van der Waals surface area contributed by atoms with E-state index in [1.165, 1.54) is 22.9 Å². The first-order chi connectivity index (χ1) is 5.59. The van der Waals surface area contributed by atoms with Crippen LogP contribution in [0.25, 0.3) is 0 Å². The third-order valence-electron chi connectivity index (χ3n) is 1.28. The van der Waals surface area contributed by atoms with Gasteiger partial charge in [-0.1, -0.05) is 11.6 Å². The molecule has 0 saturated carbocycles. The Hall–Kier alpha value is -1.29. The summed E-state index contributed by atoms with van der Waals surface area (Å²) >= 11 is 5.63. The molecule has 0 fully saturated rings. The van der Waals surface area contributed by atoms with Gasteiger partial charge in [0.15, 0.2) is 5.43 Å². The average molecular weight is 187 g/mol. The molecule has 1 aromatic heterocycles. The van der Waals surface area contributed by atoms with E-state index in [-0.39, 0.29) is 17.1 Å². The van der Waals surface area contributed by atoms with Gasteiger partial charge in [-0.05, 0) is 0 Å². The minimum Gasteiger partial charge on any atom is -0.368 e. The van der Waals surface area contributed by atoms with Crippen LogP contribution < -0.4 is 11.2 Å². The van der Waals surface area contributed by atoms with Crippen molar-refractivity contribution in [1.29, 1.82) is 0 Å². The number of amides is 1. The maximum Gasteiger partial charge on any atom is 0.237 e. The highest BCUT2D eigenvalue weighted by atomic mass is 35.5. The second kappa shape index (κ2) is 3.40. The van der Waals surface area contributed by atoms with Crippen LogP contribution in [-0.2, 0) is 11.3 Å². The van der Waals surface area contributed by atoms with Gasteiger partial charge in [-0.3, -0.25) is 9.59 Å². The smallest absolute Gasteiger partial charge is 0.237 e. The van der Waals surface area contributed by atoms with Crippen LogP contribution >= 0.6 is 11.6 Å². The summed E-state index contributed by atoms with van der Waals surface area (Å²) in [5, 5.41) is 0.210. The lowest BCUT2D eigenvalue weighted by molar-refractivity contribution is -0.118. The highest BCUT2D eigenvalue weighted by Crippen LogP contribution is 2.03. The van der Waals surface area contributed by atoms with Crippen molar-refractivity contribution >= 4 is 17.5 Å². The van der Waals surface area contributed by atoms with E-state index in [1.54, 1.807) is 0 Å². The van der Waals surface area contributed by atoms with E-state index in [0.717, 1.165) is 0 Å². The van der Waals surface area contributed by atoms with Gasteiger partial charge in [-0.25, -0.2) is 0 Å². The SMILES string of the molecule is NC(=O)Cn1ccc(=O)cc1Cl. The average Bonchev–Trinajstić information content (AvgIpc) is 1.94. The lowest BCUT2D eigenvalue weighted by Gasteiger charge is -2.04. The lowest BCUT2D eigenvalue weighted by Crippen LogP contribution is -2.20. The maximum atomic E-state index is 10.7. The standard InChI is InChI=1S/C7H7ClN2O2/c8-6-3-5(11)1-2-10(6)4-7(9)12/h1-3H,4H2,(H2,9,12). The molecule has 0 spiro atoms. The van der Waals surface area contributed by atoms with Gasteiger partial charge < -0.3 is 10.3 Å². The van der Waals surface area contributed by atoms with Crippen molar-refractivity contribution in [3.63, 3.8) is 0 Å². The molecule has 4 nitrogen and oxygen atoms in total. The number of rotatable bonds is 2. The van der Waals surface area contributed by atoms with Crippen LogP contribution in [0.1, 0.15) is 0 Å². The summed E-state index contributed by atoms with van der Waals surface area (Å²) in [5.74, 6) is -0.499. The molecule has 2 N–H and O–H groups in total. The van der Waals surface area contributed by atoms with E-state index in [0.29, 0.717) is 0 Å². The summed E-state index contributed by atoms with van der Waals surface area (Å²) < 4.78 is 1.39. The van der Waals surface area contributed by atoms with Gasteiger partial charge in [0.05, 0.1) is 0 Å². The third-order valence-corrected chi connectivity index (χ3v) is 1.61. The summed E-state index contributed by atoms with van der Waals surface area (Å²) in [6.07, 6.45) is 1.43. The van der Waals surface area contributed by atoms with Crippen molar-refractivity contribution in [3.8, 4) is 0 Å². The zero-order chi connectivity index (χ0) is 9.14. The first-order valence-corrected chi connectivity index (χ1v) is 3.61. The van der Waals surface area contributed by atoms with Crippen LogP contribution in [0.4, 0.5) is 0 Å². The molecule has 0 saturated heterocycles. The van der Waals surface area contributed by atoms with Crippen molar-refractivity contribution in [2.45, 2.75) is 6.54 Å². The molecule has 1 rings (SSSR count). The second-order valence-corrected chi connectivity index (χ2v) is 2.67. The second-order valence-electron chi connectivity index (χ2n) is 2.28. The number of nitrogens with zero attached hydrogens (tertiary/aromatic N) is 1. The van der Waals surface area contributed by atoms with Gasteiger partial charge in [0.1, 0.15) is 11.7 Å². The number of carbonyl (C=O) groups is 1. The van der Waals surface area contributed by atoms with E-state index in [2.05, 4.69) is 0 Å². The Kier molecular flexibility index (Phi) is 2.50. The molecule has 0 aromatic carbocycles. The number of hydrogen-bond acceptors (Lipinski definition) is 2. The number of halogens is 1. The molecule has 0 aliphatic rings. The Morgan fingerprint density at radius 3 is 2.83 bits per heavy atom. The molecule has 0 aliphatic carbocycles. The fraction of sp³-hybridized carbons (Fsp3) is 0.143. The molecular formula is C7H7ClN2O2. The lowest BCUT2D eigenvalue weighted by atomic mass is 10.4. The molecule has 0 unspecified atom stereocenters. The van der Waals surface area contributed by atoms with E-state index < -0.39 is 5.91 Å². The van der Waals surface area contributed by atoms with Crippen LogP contribution in [0.2, 0.25) is 5.15 Å². The largest absolute Gasteiger partial charge is 0.368 e. The van der Waals surface area contributed by atoms with E-state index in [9.17, 15) is 9.59 Å². The van der Waals surface area contributed by atoms with Gasteiger partial charge >= 0.3 is 0 Å². The van der Waals surface area contributed by atoms with E-state index >= 15 is 0 Å². The minimum absolute atomic E-state index is 0.0148. The predicted octanol–water partition coefficient (Wildman–Crippen LogP) is -0.0130. The van der Waals surface area contributed by atoms with Crippen LogP contribution in [0.15, 0.2) is 23.1 Å². The number of aromatic nitrogens is 1.